The number of carbonyl (C=O) groups excluding carboxylic acids is 1. The zero-order chi connectivity index (χ0) is 17.4. The van der Waals surface area contributed by atoms with E-state index >= 15 is 0 Å². The van der Waals surface area contributed by atoms with Crippen molar-refractivity contribution in [1.82, 2.24) is 4.90 Å². The number of piperidine rings is 1. The van der Waals surface area contributed by atoms with Crippen molar-refractivity contribution in [2.24, 2.45) is 4.99 Å². The molecule has 1 aromatic rings. The first-order valence-corrected chi connectivity index (χ1v) is 9.52. The summed E-state index contributed by atoms with van der Waals surface area (Å²) in [6, 6.07) is 6.27. The van der Waals surface area contributed by atoms with Crippen LogP contribution < -0.4 is 0 Å². The molecule has 0 atom stereocenters. The number of nitrogens with zero attached hydrogens (tertiary/aromatic N) is 2. The molecule has 1 aromatic carbocycles. The molecule has 130 valence electrons. The summed E-state index contributed by atoms with van der Waals surface area (Å²) in [4.78, 5) is 18.4. The average Bonchev–Trinajstić information content (AvgIpc) is 2.78. The smallest absolute Gasteiger partial charge is 0.219 e. The lowest BCUT2D eigenvalue weighted by atomic mass is 9.88. The van der Waals surface area contributed by atoms with E-state index < -0.39 is 0 Å². The summed E-state index contributed by atoms with van der Waals surface area (Å²) in [7, 11) is 0. The van der Waals surface area contributed by atoms with Crippen LogP contribution in [0, 0.1) is 0 Å². The minimum Gasteiger partial charge on any atom is -0.342 e. The minimum absolute atomic E-state index is 0.174. The number of hydrogen-bond acceptors (Lipinski definition) is 2. The predicted octanol–water partition coefficient (Wildman–Crippen LogP) is 4.80. The molecule has 4 rings (SSSR count). The van der Waals surface area contributed by atoms with Crippen molar-refractivity contribution in [3.8, 4) is 0 Å². The second kappa shape index (κ2) is 6.80. The van der Waals surface area contributed by atoms with E-state index in [0.29, 0.717) is 0 Å². The van der Waals surface area contributed by atoms with Gasteiger partial charge in [0.05, 0.1) is 5.70 Å². The van der Waals surface area contributed by atoms with Gasteiger partial charge in [-0.2, -0.15) is 0 Å². The predicted molar refractivity (Wildman–Crippen MR) is 103 cm³/mol. The summed E-state index contributed by atoms with van der Waals surface area (Å²) in [5.74, 6) is 0.174. The van der Waals surface area contributed by atoms with Crippen LogP contribution in [-0.4, -0.2) is 30.1 Å². The van der Waals surface area contributed by atoms with Crippen molar-refractivity contribution in [2.75, 3.05) is 13.1 Å². The molecule has 0 N–H and O–H groups in total. The number of halogens is 1. The van der Waals surface area contributed by atoms with E-state index in [4.69, 9.17) is 16.6 Å². The lowest BCUT2D eigenvalue weighted by Crippen LogP contribution is -2.34. The average molecular weight is 355 g/mol. The molecule has 1 fully saturated rings. The number of rotatable bonds is 0. The number of aryl methyl sites for hydroxylation is 1. The van der Waals surface area contributed by atoms with Crippen molar-refractivity contribution in [3.05, 3.63) is 51.2 Å². The summed E-state index contributed by atoms with van der Waals surface area (Å²) in [5.41, 5.74) is 8.05. The van der Waals surface area contributed by atoms with E-state index in [2.05, 4.69) is 18.3 Å². The van der Waals surface area contributed by atoms with Crippen LogP contribution in [0.25, 0.3) is 5.57 Å². The summed E-state index contributed by atoms with van der Waals surface area (Å²) in [6.07, 6.45) is 8.17. The Morgan fingerprint density at radius 2 is 1.88 bits per heavy atom. The molecule has 1 aliphatic carbocycles. The van der Waals surface area contributed by atoms with Crippen LogP contribution in [-0.2, 0) is 11.2 Å². The Labute approximate surface area is 154 Å². The van der Waals surface area contributed by atoms with E-state index in [1.807, 2.05) is 11.0 Å². The highest BCUT2D eigenvalue weighted by Gasteiger charge is 2.27. The van der Waals surface area contributed by atoms with Crippen LogP contribution in [0.1, 0.15) is 50.2 Å². The van der Waals surface area contributed by atoms with Crippen LogP contribution in [0.2, 0.25) is 5.02 Å². The number of benzene rings is 1. The van der Waals surface area contributed by atoms with Crippen LogP contribution in [0.4, 0.5) is 0 Å². The Balaban J connectivity index is 1.83. The molecule has 0 spiro atoms. The molecule has 2 heterocycles. The van der Waals surface area contributed by atoms with Gasteiger partial charge in [0.2, 0.25) is 5.91 Å². The third kappa shape index (κ3) is 3.18. The van der Waals surface area contributed by atoms with Gasteiger partial charge in [-0.25, -0.2) is 0 Å². The number of allylic oxidation sites excluding steroid dienone is 2. The number of hydrogen-bond donors (Lipinski definition) is 0. The fourth-order valence-electron chi connectivity index (χ4n) is 4.21. The maximum atomic E-state index is 11.7. The van der Waals surface area contributed by atoms with E-state index in [9.17, 15) is 4.79 Å². The highest BCUT2D eigenvalue weighted by molar-refractivity contribution is 6.30. The first kappa shape index (κ1) is 16.6. The Hall–Kier alpha value is -1.87. The van der Waals surface area contributed by atoms with Crippen molar-refractivity contribution in [3.63, 3.8) is 0 Å². The lowest BCUT2D eigenvalue weighted by Gasteiger charge is -2.30. The normalized spacial score (nSPS) is 20.3. The number of carbonyl (C=O) groups is 1. The first-order valence-electron chi connectivity index (χ1n) is 9.15. The monoisotopic (exact) mass is 354 g/mol. The zero-order valence-electron chi connectivity index (χ0n) is 14.6. The third-order valence-corrected chi connectivity index (χ3v) is 5.80. The molecule has 2 aliphatic heterocycles. The fourth-order valence-corrected chi connectivity index (χ4v) is 4.41. The largest absolute Gasteiger partial charge is 0.342 e. The van der Waals surface area contributed by atoms with Gasteiger partial charge in [0, 0.05) is 36.8 Å². The Morgan fingerprint density at radius 3 is 2.64 bits per heavy atom. The van der Waals surface area contributed by atoms with Crippen molar-refractivity contribution in [1.29, 1.82) is 0 Å². The van der Waals surface area contributed by atoms with E-state index in [-0.39, 0.29) is 5.91 Å². The van der Waals surface area contributed by atoms with Gasteiger partial charge in [-0.15, -0.1) is 0 Å². The quantitative estimate of drug-likeness (QED) is 0.658. The highest BCUT2D eigenvalue weighted by Crippen LogP contribution is 2.42. The van der Waals surface area contributed by atoms with Gasteiger partial charge >= 0.3 is 0 Å². The first-order chi connectivity index (χ1) is 12.1. The van der Waals surface area contributed by atoms with Crippen molar-refractivity contribution >= 4 is 29.3 Å². The molecule has 25 heavy (non-hydrogen) atoms. The molecule has 3 nitrogen and oxygen atoms in total. The Kier molecular flexibility index (Phi) is 4.51. The molecular weight excluding hydrogens is 332 g/mol. The van der Waals surface area contributed by atoms with Crippen LogP contribution in [0.5, 0.6) is 0 Å². The molecule has 0 unspecified atom stereocenters. The van der Waals surface area contributed by atoms with Crippen LogP contribution in [0.15, 0.2) is 40.0 Å². The van der Waals surface area contributed by atoms with Gasteiger partial charge in [-0.1, -0.05) is 23.2 Å². The van der Waals surface area contributed by atoms with Crippen molar-refractivity contribution < 1.29 is 4.79 Å². The standard InChI is InChI=1S/C21H23ClN2O/c1-14(25)24-11-8-15(9-12-24)20-19-7-6-18(22)13-17(19)5-4-16-3-2-10-23-21(16)20/h6-7,10,13H,2-5,8-9,11-12H2,1H3. The number of amides is 1. The van der Waals surface area contributed by atoms with Gasteiger partial charge < -0.3 is 4.90 Å². The number of aliphatic imine (C=N–C) groups is 1. The molecule has 4 heteroatoms. The molecule has 0 radical (unpaired) electrons. The zero-order valence-corrected chi connectivity index (χ0v) is 15.4. The topological polar surface area (TPSA) is 32.7 Å². The van der Waals surface area contributed by atoms with Gasteiger partial charge in [0.25, 0.3) is 0 Å². The van der Waals surface area contributed by atoms with Gasteiger partial charge in [-0.05, 0) is 67.4 Å². The van der Waals surface area contributed by atoms with Crippen molar-refractivity contribution in [2.45, 2.75) is 45.4 Å². The summed E-state index contributed by atoms with van der Waals surface area (Å²) in [5, 5.41) is 0.804. The number of likely N-dealkylation sites (tertiary alicyclic amines) is 1. The SMILES string of the molecule is CC(=O)N1CCC(=C2C3=C(CCC=N3)CCc3cc(Cl)ccc32)CC1. The maximum absolute atomic E-state index is 11.7. The lowest BCUT2D eigenvalue weighted by molar-refractivity contribution is -0.129. The highest BCUT2D eigenvalue weighted by atomic mass is 35.5. The summed E-state index contributed by atoms with van der Waals surface area (Å²) in [6.45, 7) is 3.28. The fraction of sp³-hybridized carbons (Fsp3) is 0.429. The molecule has 0 bridgehead atoms. The maximum Gasteiger partial charge on any atom is 0.219 e. The Bertz CT molecular complexity index is 809. The number of fused-ring (bicyclic) bond motifs is 1. The second-order valence-corrected chi connectivity index (χ2v) is 7.53. The van der Waals surface area contributed by atoms with E-state index in [1.54, 1.807) is 6.92 Å². The van der Waals surface area contributed by atoms with E-state index in [1.165, 1.54) is 33.5 Å². The molecule has 1 saturated heterocycles. The summed E-state index contributed by atoms with van der Waals surface area (Å²) >= 11 is 6.27. The Morgan fingerprint density at radius 1 is 1.08 bits per heavy atom. The van der Waals surface area contributed by atoms with Gasteiger partial charge in [0.15, 0.2) is 0 Å². The minimum atomic E-state index is 0.174. The molecule has 1 amide bonds. The molecule has 3 aliphatic rings. The van der Waals surface area contributed by atoms with Gasteiger partial charge in [-0.3, -0.25) is 9.79 Å². The molecule has 0 aromatic heterocycles. The van der Waals surface area contributed by atoms with Crippen LogP contribution >= 0.6 is 11.6 Å². The molecule has 0 saturated carbocycles. The third-order valence-electron chi connectivity index (χ3n) is 5.57. The molecular formula is C21H23ClN2O. The van der Waals surface area contributed by atoms with Crippen LogP contribution in [0.3, 0.4) is 0 Å². The van der Waals surface area contributed by atoms with E-state index in [0.717, 1.165) is 56.6 Å². The van der Waals surface area contributed by atoms with Gasteiger partial charge in [0.1, 0.15) is 0 Å². The second-order valence-electron chi connectivity index (χ2n) is 7.09. The summed E-state index contributed by atoms with van der Waals surface area (Å²) < 4.78 is 0.